The van der Waals surface area contributed by atoms with Gasteiger partial charge >= 0.3 is 29.6 Å². The van der Waals surface area contributed by atoms with Gasteiger partial charge in [0, 0.05) is 0 Å². The van der Waals surface area contributed by atoms with E-state index in [1.807, 2.05) is 4.24 Å². The fourth-order valence-corrected chi connectivity index (χ4v) is 0. The zero-order valence-corrected chi connectivity index (χ0v) is 7.07. The molecule has 1 N–H and O–H groups in total. The average molecular weight is 154 g/mol. The van der Waals surface area contributed by atoms with Crippen molar-refractivity contribution in [2.45, 2.75) is 0 Å². The van der Waals surface area contributed by atoms with E-state index in [1.165, 1.54) is 0 Å². The molecule has 4 nitrogen and oxygen atoms in total. The minimum absolute atomic E-state index is 0. The van der Waals surface area contributed by atoms with Crippen LogP contribution in [0.2, 0.25) is 0 Å². The Labute approximate surface area is 68.5 Å². The standard InChI is InChI=1S/ClHNO3S.Na/c1-2-6(3,4)5;/h(H,3,4,5);/q-1;+1. The van der Waals surface area contributed by atoms with Crippen LogP contribution in [0.1, 0.15) is 0 Å². The Morgan fingerprint density at radius 3 is 1.71 bits per heavy atom. The van der Waals surface area contributed by atoms with E-state index < -0.39 is 10.3 Å². The van der Waals surface area contributed by atoms with E-state index in [-0.39, 0.29) is 29.6 Å². The van der Waals surface area contributed by atoms with Crippen LogP contribution in [-0.2, 0) is 10.3 Å². The molecule has 0 aliphatic carbocycles. The van der Waals surface area contributed by atoms with Gasteiger partial charge in [0.15, 0.2) is 10.3 Å². The van der Waals surface area contributed by atoms with Crippen LogP contribution in [0.3, 0.4) is 0 Å². The number of hydrogen-bond acceptors (Lipinski definition) is 2. The Morgan fingerprint density at radius 1 is 1.57 bits per heavy atom. The third-order valence-corrected chi connectivity index (χ3v) is 0.785. The first-order valence-electron chi connectivity index (χ1n) is 0.868. The first-order valence-corrected chi connectivity index (χ1v) is 2.60. The van der Waals surface area contributed by atoms with E-state index in [2.05, 4.69) is 11.8 Å². The first-order chi connectivity index (χ1) is 2.56. The van der Waals surface area contributed by atoms with Crippen LogP contribution in [0.25, 0.3) is 4.24 Å². The molecule has 0 bridgehead atoms. The van der Waals surface area contributed by atoms with Gasteiger partial charge in [-0.2, -0.15) is 0 Å². The third kappa shape index (κ3) is 11.0. The predicted molar refractivity (Wildman–Crippen MR) is 20.8 cm³/mol. The minimum atomic E-state index is -4.27. The largest absolute Gasteiger partial charge is 1.00 e. The molecule has 0 aliphatic heterocycles. The van der Waals surface area contributed by atoms with Crippen molar-refractivity contribution in [2.24, 2.45) is 0 Å². The van der Waals surface area contributed by atoms with Crippen molar-refractivity contribution in [1.29, 1.82) is 0 Å². The summed E-state index contributed by atoms with van der Waals surface area (Å²) in [6.07, 6.45) is 0. The molecule has 7 heavy (non-hydrogen) atoms. The summed E-state index contributed by atoms with van der Waals surface area (Å²) in [4.78, 5) is 0. The van der Waals surface area contributed by atoms with Gasteiger partial charge in [0.1, 0.15) is 0 Å². The maximum Gasteiger partial charge on any atom is 1.00 e. The van der Waals surface area contributed by atoms with Gasteiger partial charge in [-0.1, -0.05) is 0 Å². The molecule has 0 fully saturated rings. The fourth-order valence-electron chi connectivity index (χ4n) is 0. The molecule has 0 atom stereocenters. The Morgan fingerprint density at radius 2 is 1.71 bits per heavy atom. The van der Waals surface area contributed by atoms with Gasteiger partial charge in [-0.05, 0) is 0 Å². The van der Waals surface area contributed by atoms with Crippen LogP contribution in [0.5, 0.6) is 0 Å². The van der Waals surface area contributed by atoms with E-state index in [0.29, 0.717) is 0 Å². The van der Waals surface area contributed by atoms with Crippen molar-refractivity contribution in [3.8, 4) is 0 Å². The van der Waals surface area contributed by atoms with Crippen LogP contribution in [-0.4, -0.2) is 13.0 Å². The van der Waals surface area contributed by atoms with Crippen LogP contribution >= 0.6 is 11.8 Å². The van der Waals surface area contributed by atoms with Crippen molar-refractivity contribution < 1.29 is 42.5 Å². The molecule has 0 saturated carbocycles. The summed E-state index contributed by atoms with van der Waals surface area (Å²) < 4.78 is 28.0. The van der Waals surface area contributed by atoms with Crippen LogP contribution in [0.4, 0.5) is 0 Å². The zero-order valence-electron chi connectivity index (χ0n) is 3.50. The van der Waals surface area contributed by atoms with Gasteiger partial charge < -0.3 is 4.24 Å². The summed E-state index contributed by atoms with van der Waals surface area (Å²) in [5.41, 5.74) is 0. The summed E-state index contributed by atoms with van der Waals surface area (Å²) in [6.45, 7) is 0. The maximum atomic E-state index is 9.26. The third-order valence-electron chi connectivity index (χ3n) is 0.0872. The van der Waals surface area contributed by atoms with E-state index in [4.69, 9.17) is 4.55 Å². The quantitative estimate of drug-likeness (QED) is 0.330. The topological polar surface area (TPSA) is 68.5 Å². The van der Waals surface area contributed by atoms with Gasteiger partial charge in [-0.3, -0.25) is 16.3 Å². The number of halogens is 1. The molecule has 7 heteroatoms. The predicted octanol–water partition coefficient (Wildman–Crippen LogP) is -2.68. The molecular weight excluding hydrogens is 153 g/mol. The van der Waals surface area contributed by atoms with E-state index in [1.54, 1.807) is 0 Å². The smallest absolute Gasteiger partial charge is 0.438 e. The summed E-state index contributed by atoms with van der Waals surface area (Å²) in [5.74, 6) is 0. The van der Waals surface area contributed by atoms with Crippen LogP contribution < -0.4 is 29.6 Å². The van der Waals surface area contributed by atoms with Crippen molar-refractivity contribution >= 4 is 22.1 Å². The van der Waals surface area contributed by atoms with E-state index in [0.717, 1.165) is 0 Å². The molecule has 0 aliphatic rings. The Bertz CT molecular complexity index is 117. The summed E-state index contributed by atoms with van der Waals surface area (Å²) in [6, 6.07) is 0. The molecule has 0 radical (unpaired) electrons. The second kappa shape index (κ2) is 4.08. The van der Waals surface area contributed by atoms with Crippen molar-refractivity contribution in [2.75, 3.05) is 0 Å². The molecule has 38 valence electrons. The molecule has 0 heterocycles. The van der Waals surface area contributed by atoms with Gasteiger partial charge in [-0.15, -0.1) is 0 Å². The molecule has 0 aromatic rings. The number of rotatable bonds is 1. The molecule has 0 aromatic carbocycles. The van der Waals surface area contributed by atoms with Gasteiger partial charge in [-0.25, -0.2) is 8.42 Å². The molecule has 0 amide bonds. The van der Waals surface area contributed by atoms with Gasteiger partial charge in [0.2, 0.25) is 0 Å². The SMILES string of the molecule is O=S(=O)(O)[N-]Cl.[Na+]. The summed E-state index contributed by atoms with van der Waals surface area (Å²) >= 11 is 4.26. The normalized spacial score (nSPS) is 10.0. The van der Waals surface area contributed by atoms with Crippen LogP contribution in [0.15, 0.2) is 0 Å². The number of hydrogen-bond donors (Lipinski definition) is 1. The van der Waals surface area contributed by atoms with E-state index >= 15 is 0 Å². The maximum absolute atomic E-state index is 9.26. The fraction of sp³-hybridized carbons (Fsp3) is 0. The molecule has 0 aromatic heterocycles. The molecule has 0 rings (SSSR count). The van der Waals surface area contributed by atoms with Gasteiger partial charge in [0.25, 0.3) is 0 Å². The molecule has 0 saturated heterocycles. The van der Waals surface area contributed by atoms with E-state index in [9.17, 15) is 8.42 Å². The Hall–Kier alpha value is 1.16. The van der Waals surface area contributed by atoms with Crippen molar-refractivity contribution in [3.05, 3.63) is 4.24 Å². The second-order valence-electron chi connectivity index (χ2n) is 0.517. The van der Waals surface area contributed by atoms with Crippen LogP contribution in [0, 0.1) is 0 Å². The summed E-state index contributed by atoms with van der Waals surface area (Å²) in [5, 5.41) is 0. The van der Waals surface area contributed by atoms with Gasteiger partial charge in [0.05, 0.1) is 0 Å². The molecule has 0 spiro atoms. The Balaban J connectivity index is 0. The molecule has 0 unspecified atom stereocenters. The Kier molecular flexibility index (Phi) is 6.43. The summed E-state index contributed by atoms with van der Waals surface area (Å²) in [7, 11) is -4.27. The monoisotopic (exact) mass is 153 g/mol. The first kappa shape index (κ1) is 11.0. The number of nitrogens with zero attached hydrogens (tertiary/aromatic N) is 1. The second-order valence-corrected chi connectivity index (χ2v) is 1.96. The average Bonchev–Trinajstić information content (AvgIpc) is 1.35. The minimum Gasteiger partial charge on any atom is -0.438 e. The van der Waals surface area contributed by atoms with Crippen molar-refractivity contribution in [1.82, 2.24) is 0 Å². The zero-order chi connectivity index (χ0) is 5.21. The molecular formula is HClNNaO3S. The van der Waals surface area contributed by atoms with Crippen molar-refractivity contribution in [3.63, 3.8) is 0 Å².